The van der Waals surface area contributed by atoms with Crippen LogP contribution in [0.4, 0.5) is 5.82 Å². The number of carbonyl (C=O) groups is 1. The maximum Gasteiger partial charge on any atom is 0.225 e. The molecule has 1 atom stereocenters. The Balaban J connectivity index is 1.71. The van der Waals surface area contributed by atoms with E-state index in [0.29, 0.717) is 6.54 Å². The van der Waals surface area contributed by atoms with Gasteiger partial charge >= 0.3 is 0 Å². The van der Waals surface area contributed by atoms with E-state index < -0.39 is 0 Å². The first kappa shape index (κ1) is 15.8. The Hall–Kier alpha value is -2.70. The fourth-order valence-corrected chi connectivity index (χ4v) is 3.57. The topological polar surface area (TPSA) is 86.8 Å². The molecule has 4 rings (SSSR count). The molecule has 1 unspecified atom stereocenters. The molecule has 3 aromatic heterocycles. The summed E-state index contributed by atoms with van der Waals surface area (Å²) < 4.78 is 0. The molecule has 1 aliphatic rings. The second-order valence-corrected chi connectivity index (χ2v) is 6.90. The van der Waals surface area contributed by atoms with Gasteiger partial charge in [0.2, 0.25) is 5.91 Å². The van der Waals surface area contributed by atoms with Crippen molar-refractivity contribution in [3.8, 4) is 0 Å². The van der Waals surface area contributed by atoms with Crippen LogP contribution in [0, 0.1) is 5.92 Å². The van der Waals surface area contributed by atoms with Crippen molar-refractivity contribution in [2.75, 3.05) is 18.0 Å². The highest BCUT2D eigenvalue weighted by Crippen LogP contribution is 2.31. The lowest BCUT2D eigenvalue weighted by Gasteiger charge is -2.33. The number of hydrogen-bond donors (Lipinski definition) is 2. The van der Waals surface area contributed by atoms with E-state index in [2.05, 4.69) is 30.2 Å². The molecule has 0 aliphatic carbocycles. The summed E-state index contributed by atoms with van der Waals surface area (Å²) in [4.78, 5) is 31.1. The third kappa shape index (κ3) is 2.90. The maximum absolute atomic E-state index is 12.4. The SMILES string of the molecule is CC(C)NC(=O)C1CCCN(c2ncnc3cnc4[nH]ccc4c23)C1. The molecule has 0 bridgehead atoms. The first-order valence-corrected chi connectivity index (χ1v) is 8.75. The molecule has 1 fully saturated rings. The second kappa shape index (κ2) is 6.31. The van der Waals surface area contributed by atoms with Gasteiger partial charge in [-0.25, -0.2) is 15.0 Å². The van der Waals surface area contributed by atoms with Gasteiger partial charge in [-0.05, 0) is 32.8 Å². The molecule has 3 aromatic rings. The van der Waals surface area contributed by atoms with Gasteiger partial charge in [0.1, 0.15) is 17.8 Å². The lowest BCUT2D eigenvalue weighted by atomic mass is 9.96. The fourth-order valence-electron chi connectivity index (χ4n) is 3.57. The molecular weight excluding hydrogens is 316 g/mol. The number of piperidine rings is 1. The zero-order valence-corrected chi connectivity index (χ0v) is 14.5. The third-order valence-corrected chi connectivity index (χ3v) is 4.69. The number of nitrogens with zero attached hydrogens (tertiary/aromatic N) is 4. The summed E-state index contributed by atoms with van der Waals surface area (Å²) >= 11 is 0. The van der Waals surface area contributed by atoms with E-state index in [4.69, 9.17) is 0 Å². The summed E-state index contributed by atoms with van der Waals surface area (Å²) in [5, 5.41) is 5.05. The first-order chi connectivity index (χ1) is 12.1. The van der Waals surface area contributed by atoms with Crippen LogP contribution in [-0.2, 0) is 4.79 Å². The van der Waals surface area contributed by atoms with Gasteiger partial charge in [0.15, 0.2) is 0 Å². The van der Waals surface area contributed by atoms with E-state index in [0.717, 1.165) is 47.1 Å². The van der Waals surface area contributed by atoms with Crippen LogP contribution in [0.3, 0.4) is 0 Å². The van der Waals surface area contributed by atoms with Crippen molar-refractivity contribution in [2.45, 2.75) is 32.7 Å². The molecule has 7 heteroatoms. The van der Waals surface area contributed by atoms with Crippen molar-refractivity contribution < 1.29 is 4.79 Å². The first-order valence-electron chi connectivity index (χ1n) is 8.75. The summed E-state index contributed by atoms with van der Waals surface area (Å²) in [7, 11) is 0. The second-order valence-electron chi connectivity index (χ2n) is 6.90. The Morgan fingerprint density at radius 3 is 3.08 bits per heavy atom. The molecule has 1 saturated heterocycles. The zero-order valence-electron chi connectivity index (χ0n) is 14.5. The largest absolute Gasteiger partial charge is 0.355 e. The van der Waals surface area contributed by atoms with Gasteiger partial charge in [-0.3, -0.25) is 4.79 Å². The van der Waals surface area contributed by atoms with E-state index >= 15 is 0 Å². The van der Waals surface area contributed by atoms with E-state index in [-0.39, 0.29) is 17.9 Å². The standard InChI is InChI=1S/C18H22N6O/c1-11(2)23-18(25)12-4-3-7-24(9-12)17-15-13-5-6-19-16(13)20-8-14(15)21-10-22-17/h5-6,8,10-12H,3-4,7,9H2,1-2H3,(H,19,20)(H,23,25). The quantitative estimate of drug-likeness (QED) is 0.765. The molecule has 130 valence electrons. The lowest BCUT2D eigenvalue weighted by molar-refractivity contribution is -0.125. The van der Waals surface area contributed by atoms with Crippen LogP contribution in [0.25, 0.3) is 21.9 Å². The fraction of sp³-hybridized carbons (Fsp3) is 0.444. The predicted molar refractivity (Wildman–Crippen MR) is 97.4 cm³/mol. The number of H-pyrrole nitrogens is 1. The van der Waals surface area contributed by atoms with Gasteiger partial charge in [-0.15, -0.1) is 0 Å². The van der Waals surface area contributed by atoms with Crippen LogP contribution in [0.1, 0.15) is 26.7 Å². The molecule has 4 heterocycles. The Morgan fingerprint density at radius 1 is 1.36 bits per heavy atom. The zero-order chi connectivity index (χ0) is 17.4. The van der Waals surface area contributed by atoms with Crippen LogP contribution < -0.4 is 10.2 Å². The highest BCUT2D eigenvalue weighted by atomic mass is 16.2. The summed E-state index contributed by atoms with van der Waals surface area (Å²) in [6, 6.07) is 2.16. The van der Waals surface area contributed by atoms with Crippen molar-refractivity contribution in [1.82, 2.24) is 25.3 Å². The van der Waals surface area contributed by atoms with Crippen LogP contribution in [-0.4, -0.2) is 45.0 Å². The Labute approximate surface area is 145 Å². The van der Waals surface area contributed by atoms with Crippen LogP contribution in [0.5, 0.6) is 0 Å². The van der Waals surface area contributed by atoms with E-state index in [1.165, 1.54) is 0 Å². The molecule has 1 aliphatic heterocycles. The van der Waals surface area contributed by atoms with Crippen LogP contribution in [0.2, 0.25) is 0 Å². The minimum atomic E-state index is -0.00952. The van der Waals surface area contributed by atoms with Gasteiger partial charge in [-0.2, -0.15) is 0 Å². The normalized spacial score (nSPS) is 18.2. The van der Waals surface area contributed by atoms with Gasteiger partial charge in [0.25, 0.3) is 0 Å². The number of anilines is 1. The maximum atomic E-state index is 12.4. The molecule has 25 heavy (non-hydrogen) atoms. The van der Waals surface area contributed by atoms with Crippen LogP contribution in [0.15, 0.2) is 24.8 Å². The molecule has 7 nitrogen and oxygen atoms in total. The van der Waals surface area contributed by atoms with Crippen molar-refractivity contribution in [2.24, 2.45) is 5.92 Å². The number of fused-ring (bicyclic) bond motifs is 3. The number of hydrogen-bond acceptors (Lipinski definition) is 5. The molecule has 0 saturated carbocycles. The summed E-state index contributed by atoms with van der Waals surface area (Å²) in [5.74, 6) is 1.01. The van der Waals surface area contributed by atoms with Crippen molar-refractivity contribution >= 4 is 33.7 Å². The minimum Gasteiger partial charge on any atom is -0.355 e. The molecule has 1 amide bonds. The Kier molecular flexibility index (Phi) is 3.99. The highest BCUT2D eigenvalue weighted by molar-refractivity contribution is 6.08. The number of rotatable bonds is 3. The third-order valence-electron chi connectivity index (χ3n) is 4.69. The number of carbonyl (C=O) groups excluding carboxylic acids is 1. The average molecular weight is 338 g/mol. The summed E-state index contributed by atoms with van der Waals surface area (Å²) in [6.07, 6.45) is 7.12. The Bertz CT molecular complexity index is 918. The smallest absolute Gasteiger partial charge is 0.225 e. The molecule has 0 aromatic carbocycles. The predicted octanol–water partition coefficient (Wildman–Crippen LogP) is 2.25. The number of aromatic nitrogens is 4. The minimum absolute atomic E-state index is 0.00952. The summed E-state index contributed by atoms with van der Waals surface area (Å²) in [5.41, 5.74) is 1.65. The van der Waals surface area contributed by atoms with E-state index in [9.17, 15) is 4.79 Å². The van der Waals surface area contributed by atoms with E-state index in [1.807, 2.05) is 26.1 Å². The average Bonchev–Trinajstić information content (AvgIpc) is 3.09. The number of amides is 1. The molecule has 0 radical (unpaired) electrons. The molecular formula is C18H22N6O. The monoisotopic (exact) mass is 338 g/mol. The van der Waals surface area contributed by atoms with E-state index in [1.54, 1.807) is 12.5 Å². The Morgan fingerprint density at radius 2 is 2.24 bits per heavy atom. The van der Waals surface area contributed by atoms with Crippen molar-refractivity contribution in [3.05, 3.63) is 24.8 Å². The highest BCUT2D eigenvalue weighted by Gasteiger charge is 2.28. The van der Waals surface area contributed by atoms with Crippen molar-refractivity contribution in [3.63, 3.8) is 0 Å². The summed E-state index contributed by atoms with van der Waals surface area (Å²) in [6.45, 7) is 5.56. The number of pyridine rings is 1. The number of aromatic amines is 1. The van der Waals surface area contributed by atoms with Crippen LogP contribution >= 0.6 is 0 Å². The van der Waals surface area contributed by atoms with Gasteiger partial charge in [0, 0.05) is 30.7 Å². The van der Waals surface area contributed by atoms with Crippen molar-refractivity contribution in [1.29, 1.82) is 0 Å². The molecule has 2 N–H and O–H groups in total. The van der Waals surface area contributed by atoms with Gasteiger partial charge in [0.05, 0.1) is 23.0 Å². The lowest BCUT2D eigenvalue weighted by Crippen LogP contribution is -2.45. The van der Waals surface area contributed by atoms with Gasteiger partial charge < -0.3 is 15.2 Å². The number of nitrogens with one attached hydrogen (secondary N) is 2. The van der Waals surface area contributed by atoms with Gasteiger partial charge in [-0.1, -0.05) is 0 Å². The molecule has 0 spiro atoms.